The Morgan fingerprint density at radius 1 is 1.18 bits per heavy atom. The topological polar surface area (TPSA) is 38.4 Å². The van der Waals surface area contributed by atoms with Crippen LogP contribution < -0.4 is 5.73 Å². The van der Waals surface area contributed by atoms with Crippen LogP contribution in [0.25, 0.3) is 5.57 Å². The zero-order valence-electron chi connectivity index (χ0n) is 18.2. The Bertz CT molecular complexity index is 703. The molecule has 0 spiro atoms. The zero-order chi connectivity index (χ0) is 21.2. The Kier molecular flexibility index (Phi) is 15.2. The van der Waals surface area contributed by atoms with E-state index in [4.69, 9.17) is 5.73 Å². The average Bonchev–Trinajstić information content (AvgIpc) is 2.69. The zero-order valence-corrected chi connectivity index (χ0v) is 18.2. The van der Waals surface area contributed by atoms with Crippen LogP contribution >= 0.6 is 0 Å². The number of aryl methyl sites for hydroxylation is 1. The smallest absolute Gasteiger partial charge is 0.0296 e. The molecule has 2 N–H and O–H groups in total. The van der Waals surface area contributed by atoms with Crippen LogP contribution in [0.5, 0.6) is 0 Å². The van der Waals surface area contributed by atoms with Crippen molar-refractivity contribution in [2.75, 3.05) is 6.54 Å². The Hall–Kier alpha value is -2.45. The minimum atomic E-state index is 0.679. The van der Waals surface area contributed by atoms with Crippen LogP contribution in [0.3, 0.4) is 0 Å². The summed E-state index contributed by atoms with van der Waals surface area (Å²) in [5.74, 6) is 0. The van der Waals surface area contributed by atoms with Crippen molar-refractivity contribution in [3.05, 3.63) is 90.2 Å². The first-order valence-electron chi connectivity index (χ1n) is 10.0. The summed E-state index contributed by atoms with van der Waals surface area (Å²) in [6.07, 6.45) is 15.9. The van der Waals surface area contributed by atoms with E-state index >= 15 is 0 Å². The Balaban J connectivity index is 0.000000546. The van der Waals surface area contributed by atoms with E-state index in [1.54, 1.807) is 0 Å². The fourth-order valence-corrected chi connectivity index (χ4v) is 2.41. The monoisotopic (exact) mass is 378 g/mol. The van der Waals surface area contributed by atoms with Gasteiger partial charge >= 0.3 is 0 Å². The predicted octanol–water partition coefficient (Wildman–Crippen LogP) is 7.20. The van der Waals surface area contributed by atoms with Crippen molar-refractivity contribution >= 4 is 11.8 Å². The molecule has 1 rings (SSSR count). The molecule has 0 bridgehead atoms. The molecule has 0 aromatic heterocycles. The minimum absolute atomic E-state index is 0.679. The second-order valence-corrected chi connectivity index (χ2v) is 6.79. The van der Waals surface area contributed by atoms with Gasteiger partial charge in [0, 0.05) is 12.4 Å². The van der Waals surface area contributed by atoms with Gasteiger partial charge in [-0.1, -0.05) is 79.6 Å². The Morgan fingerprint density at radius 3 is 2.50 bits per heavy atom. The van der Waals surface area contributed by atoms with E-state index in [2.05, 4.69) is 88.3 Å². The van der Waals surface area contributed by atoms with Gasteiger partial charge in [0.2, 0.25) is 0 Å². The standard InChI is InChI=1S/C16H20.C10H18N2/c1-5-7-13(2)10-11-15(4)16-9-6-8-14(3)12-16;1-3-5-6-10(7-8-11)9-12-4-2/h5-6,8-12H,1,7H2,2-4H3;4,6,9H,2-3,5,7-8,11H2,1H3/b13-10+,15-11+;10-6+,12-9?. The Morgan fingerprint density at radius 2 is 1.93 bits per heavy atom. The van der Waals surface area contributed by atoms with Crippen LogP contribution in [0.15, 0.2) is 84.1 Å². The van der Waals surface area contributed by atoms with Gasteiger partial charge in [-0.15, -0.1) is 6.58 Å². The molecule has 28 heavy (non-hydrogen) atoms. The molecule has 0 heterocycles. The Labute approximate surface area is 173 Å². The number of unbranched alkanes of at least 4 members (excludes halogenated alkanes) is 1. The third kappa shape index (κ3) is 12.8. The van der Waals surface area contributed by atoms with Crippen LogP contribution in [-0.4, -0.2) is 12.8 Å². The highest BCUT2D eigenvalue weighted by Crippen LogP contribution is 2.15. The molecule has 0 fully saturated rings. The summed E-state index contributed by atoms with van der Waals surface area (Å²) >= 11 is 0. The normalized spacial score (nSPS) is 12.5. The summed E-state index contributed by atoms with van der Waals surface area (Å²) < 4.78 is 0. The molecular formula is C26H38N2. The number of aliphatic imine (C=N–C) groups is 1. The van der Waals surface area contributed by atoms with Crippen LogP contribution in [0.2, 0.25) is 0 Å². The van der Waals surface area contributed by atoms with E-state index in [0.29, 0.717) is 6.54 Å². The van der Waals surface area contributed by atoms with E-state index in [-0.39, 0.29) is 0 Å². The lowest BCUT2D eigenvalue weighted by atomic mass is 10.0. The van der Waals surface area contributed by atoms with Crippen molar-refractivity contribution in [3.63, 3.8) is 0 Å². The first-order chi connectivity index (χ1) is 13.5. The van der Waals surface area contributed by atoms with Crippen molar-refractivity contribution in [1.82, 2.24) is 0 Å². The molecule has 0 aliphatic rings. The first kappa shape index (κ1) is 25.6. The second kappa shape index (κ2) is 16.7. The third-order valence-electron chi connectivity index (χ3n) is 4.03. The molecule has 0 aliphatic carbocycles. The van der Waals surface area contributed by atoms with E-state index in [1.807, 2.05) is 12.3 Å². The van der Waals surface area contributed by atoms with Crippen molar-refractivity contribution in [2.24, 2.45) is 10.7 Å². The van der Waals surface area contributed by atoms with E-state index in [9.17, 15) is 0 Å². The van der Waals surface area contributed by atoms with Gasteiger partial charge in [0.15, 0.2) is 0 Å². The number of benzene rings is 1. The lowest BCUT2D eigenvalue weighted by molar-refractivity contribution is 0.927. The van der Waals surface area contributed by atoms with Gasteiger partial charge in [0.25, 0.3) is 0 Å². The van der Waals surface area contributed by atoms with Crippen molar-refractivity contribution in [2.45, 2.75) is 53.4 Å². The molecule has 152 valence electrons. The molecule has 0 radical (unpaired) electrons. The third-order valence-corrected chi connectivity index (χ3v) is 4.03. The van der Waals surface area contributed by atoms with Gasteiger partial charge in [-0.2, -0.15) is 0 Å². The molecule has 0 unspecified atom stereocenters. The van der Waals surface area contributed by atoms with Gasteiger partial charge < -0.3 is 5.73 Å². The summed E-state index contributed by atoms with van der Waals surface area (Å²) in [6, 6.07) is 8.58. The summed E-state index contributed by atoms with van der Waals surface area (Å²) in [5, 5.41) is 0. The highest BCUT2D eigenvalue weighted by molar-refractivity contribution is 5.78. The van der Waals surface area contributed by atoms with Gasteiger partial charge in [-0.3, -0.25) is 4.99 Å². The van der Waals surface area contributed by atoms with Crippen molar-refractivity contribution < 1.29 is 0 Å². The number of rotatable bonds is 10. The number of allylic oxidation sites excluding steroid dienone is 6. The maximum atomic E-state index is 5.44. The molecule has 1 aromatic carbocycles. The molecule has 0 amide bonds. The number of hydrogen-bond donors (Lipinski definition) is 1. The maximum Gasteiger partial charge on any atom is 0.0296 e. The lowest BCUT2D eigenvalue weighted by Crippen LogP contribution is -2.01. The number of nitrogens with zero attached hydrogens (tertiary/aromatic N) is 1. The average molecular weight is 379 g/mol. The largest absolute Gasteiger partial charge is 0.330 e. The van der Waals surface area contributed by atoms with E-state index in [1.165, 1.54) is 34.0 Å². The maximum absolute atomic E-state index is 5.44. The second-order valence-electron chi connectivity index (χ2n) is 6.79. The van der Waals surface area contributed by atoms with Gasteiger partial charge in [0.05, 0.1) is 0 Å². The lowest BCUT2D eigenvalue weighted by Gasteiger charge is -2.02. The summed E-state index contributed by atoms with van der Waals surface area (Å²) in [5.41, 5.74) is 11.9. The number of hydrogen-bond acceptors (Lipinski definition) is 2. The summed E-state index contributed by atoms with van der Waals surface area (Å²) in [4.78, 5) is 3.96. The molecular weight excluding hydrogens is 340 g/mol. The van der Waals surface area contributed by atoms with Crippen LogP contribution in [0.4, 0.5) is 0 Å². The quantitative estimate of drug-likeness (QED) is 0.261. The van der Waals surface area contributed by atoms with Crippen molar-refractivity contribution in [1.29, 1.82) is 0 Å². The van der Waals surface area contributed by atoms with Crippen LogP contribution in [0.1, 0.15) is 57.6 Å². The fourth-order valence-electron chi connectivity index (χ4n) is 2.41. The van der Waals surface area contributed by atoms with Crippen LogP contribution in [0, 0.1) is 6.92 Å². The SMILES string of the molecule is C=CC/C(C)=C/C=C(\C)c1cccc(C)c1.C=CN=C/C(=C/CCC)CCN. The molecule has 0 atom stereocenters. The molecule has 2 nitrogen and oxygen atoms in total. The highest BCUT2D eigenvalue weighted by atomic mass is 14.7. The minimum Gasteiger partial charge on any atom is -0.330 e. The number of nitrogens with two attached hydrogens (primary N) is 1. The van der Waals surface area contributed by atoms with Gasteiger partial charge in [-0.25, -0.2) is 0 Å². The highest BCUT2D eigenvalue weighted by Gasteiger charge is 1.94. The fraction of sp³-hybridized carbons (Fsp3) is 0.346. The summed E-state index contributed by atoms with van der Waals surface area (Å²) in [6.45, 7) is 16.5. The molecule has 0 saturated carbocycles. The van der Waals surface area contributed by atoms with E-state index < -0.39 is 0 Å². The van der Waals surface area contributed by atoms with Crippen molar-refractivity contribution in [3.8, 4) is 0 Å². The van der Waals surface area contributed by atoms with Gasteiger partial charge in [0.1, 0.15) is 0 Å². The van der Waals surface area contributed by atoms with Crippen LogP contribution in [-0.2, 0) is 0 Å². The molecule has 2 heteroatoms. The molecule has 0 saturated heterocycles. The predicted molar refractivity (Wildman–Crippen MR) is 129 cm³/mol. The summed E-state index contributed by atoms with van der Waals surface area (Å²) in [7, 11) is 0. The molecule has 1 aromatic rings. The van der Waals surface area contributed by atoms with E-state index in [0.717, 1.165) is 25.7 Å². The van der Waals surface area contributed by atoms with Gasteiger partial charge in [-0.05, 0) is 63.3 Å². The molecule has 0 aliphatic heterocycles. The first-order valence-corrected chi connectivity index (χ1v) is 10.0.